The van der Waals surface area contributed by atoms with Gasteiger partial charge in [-0.05, 0) is 32.1 Å². The van der Waals surface area contributed by atoms with Crippen molar-refractivity contribution in [2.24, 2.45) is 0 Å². The van der Waals surface area contributed by atoms with E-state index in [1.165, 1.54) is 5.56 Å². The lowest BCUT2D eigenvalue weighted by Gasteiger charge is -2.14. The second-order valence-electron chi connectivity index (χ2n) is 4.63. The molecule has 0 bridgehead atoms. The SMILES string of the molecule is CN(CCCC#N)Cc1cnn(-c2ccccc2)c1. The van der Waals surface area contributed by atoms with E-state index in [1.807, 2.05) is 41.2 Å². The fourth-order valence-corrected chi connectivity index (χ4v) is 1.98. The van der Waals surface area contributed by atoms with Gasteiger partial charge in [0.2, 0.25) is 0 Å². The average molecular weight is 254 g/mol. The van der Waals surface area contributed by atoms with Gasteiger partial charge in [-0.1, -0.05) is 18.2 Å². The standard InChI is InChI=1S/C15H18N4/c1-18(10-6-5-9-16)12-14-11-17-19(13-14)15-7-3-2-4-8-15/h2-4,7-8,11,13H,5-6,10,12H2,1H3. The molecule has 4 heteroatoms. The Morgan fingerprint density at radius 2 is 2.11 bits per heavy atom. The van der Waals surface area contributed by atoms with Gasteiger partial charge in [0.15, 0.2) is 0 Å². The molecule has 0 N–H and O–H groups in total. The summed E-state index contributed by atoms with van der Waals surface area (Å²) in [6.45, 7) is 1.79. The van der Waals surface area contributed by atoms with E-state index in [-0.39, 0.29) is 0 Å². The molecule has 1 aromatic heterocycles. The van der Waals surface area contributed by atoms with E-state index in [9.17, 15) is 0 Å². The van der Waals surface area contributed by atoms with Crippen LogP contribution in [0.3, 0.4) is 0 Å². The van der Waals surface area contributed by atoms with Gasteiger partial charge >= 0.3 is 0 Å². The van der Waals surface area contributed by atoms with Crippen molar-refractivity contribution in [1.82, 2.24) is 14.7 Å². The van der Waals surface area contributed by atoms with E-state index in [0.717, 1.165) is 25.2 Å². The fourth-order valence-electron chi connectivity index (χ4n) is 1.98. The second kappa shape index (κ2) is 6.72. The first-order chi connectivity index (χ1) is 9.29. The fraction of sp³-hybridized carbons (Fsp3) is 0.333. The monoisotopic (exact) mass is 254 g/mol. The molecule has 0 radical (unpaired) electrons. The minimum Gasteiger partial charge on any atom is -0.302 e. The summed E-state index contributed by atoms with van der Waals surface area (Å²) in [4.78, 5) is 2.21. The van der Waals surface area contributed by atoms with Gasteiger partial charge < -0.3 is 4.90 Å². The van der Waals surface area contributed by atoms with Crippen molar-refractivity contribution in [2.75, 3.05) is 13.6 Å². The highest BCUT2D eigenvalue weighted by Gasteiger charge is 2.04. The number of nitrogens with zero attached hydrogens (tertiary/aromatic N) is 4. The molecule has 2 aromatic rings. The van der Waals surface area contributed by atoms with Crippen LogP contribution in [0.5, 0.6) is 0 Å². The van der Waals surface area contributed by atoms with Crippen LogP contribution in [0.4, 0.5) is 0 Å². The van der Waals surface area contributed by atoms with Gasteiger partial charge in [0, 0.05) is 24.7 Å². The smallest absolute Gasteiger partial charge is 0.0645 e. The van der Waals surface area contributed by atoms with E-state index >= 15 is 0 Å². The highest BCUT2D eigenvalue weighted by molar-refractivity contribution is 5.30. The first-order valence-corrected chi connectivity index (χ1v) is 6.44. The second-order valence-corrected chi connectivity index (χ2v) is 4.63. The minimum atomic E-state index is 0.619. The van der Waals surface area contributed by atoms with Gasteiger partial charge in [0.05, 0.1) is 18.0 Å². The Labute approximate surface area is 113 Å². The highest BCUT2D eigenvalue weighted by Crippen LogP contribution is 2.09. The van der Waals surface area contributed by atoms with E-state index in [4.69, 9.17) is 5.26 Å². The van der Waals surface area contributed by atoms with Crippen LogP contribution >= 0.6 is 0 Å². The van der Waals surface area contributed by atoms with Crippen molar-refractivity contribution in [2.45, 2.75) is 19.4 Å². The zero-order chi connectivity index (χ0) is 13.5. The van der Waals surface area contributed by atoms with Crippen LogP contribution in [-0.2, 0) is 6.54 Å². The van der Waals surface area contributed by atoms with Crippen molar-refractivity contribution in [1.29, 1.82) is 5.26 Å². The predicted molar refractivity (Wildman–Crippen MR) is 74.7 cm³/mol. The molecule has 0 saturated carbocycles. The topological polar surface area (TPSA) is 44.9 Å². The summed E-state index contributed by atoms with van der Waals surface area (Å²) in [6, 6.07) is 12.2. The Balaban J connectivity index is 1.93. The van der Waals surface area contributed by atoms with E-state index < -0.39 is 0 Å². The molecule has 1 heterocycles. The zero-order valence-corrected chi connectivity index (χ0v) is 11.2. The van der Waals surface area contributed by atoms with Crippen molar-refractivity contribution < 1.29 is 0 Å². The first-order valence-electron chi connectivity index (χ1n) is 6.44. The maximum absolute atomic E-state index is 8.52. The van der Waals surface area contributed by atoms with Crippen LogP contribution in [0.25, 0.3) is 5.69 Å². The van der Waals surface area contributed by atoms with Gasteiger partial charge in [0.25, 0.3) is 0 Å². The lowest BCUT2D eigenvalue weighted by atomic mass is 10.3. The summed E-state index contributed by atoms with van der Waals surface area (Å²) in [5.41, 5.74) is 2.25. The molecule has 2 rings (SSSR count). The predicted octanol–water partition coefficient (Wildman–Crippen LogP) is 2.61. The van der Waals surface area contributed by atoms with Crippen LogP contribution in [0, 0.1) is 11.3 Å². The summed E-state index contributed by atoms with van der Waals surface area (Å²) in [5.74, 6) is 0. The van der Waals surface area contributed by atoms with Crippen LogP contribution in [-0.4, -0.2) is 28.3 Å². The summed E-state index contributed by atoms with van der Waals surface area (Å²) in [7, 11) is 2.07. The molecule has 98 valence electrons. The van der Waals surface area contributed by atoms with Crippen molar-refractivity contribution >= 4 is 0 Å². The molecule has 0 amide bonds. The minimum absolute atomic E-state index is 0.619. The molecule has 0 aliphatic heterocycles. The third-order valence-corrected chi connectivity index (χ3v) is 2.94. The molecule has 0 spiro atoms. The average Bonchev–Trinajstić information content (AvgIpc) is 2.88. The number of hydrogen-bond donors (Lipinski definition) is 0. The zero-order valence-electron chi connectivity index (χ0n) is 11.2. The number of benzene rings is 1. The third kappa shape index (κ3) is 3.94. The number of para-hydroxylation sites is 1. The quantitative estimate of drug-likeness (QED) is 0.744. The molecule has 0 unspecified atom stereocenters. The summed E-state index contributed by atoms with van der Waals surface area (Å²) < 4.78 is 1.89. The molecular formula is C15H18N4. The Kier molecular flexibility index (Phi) is 4.71. The highest BCUT2D eigenvalue weighted by atomic mass is 15.3. The normalized spacial score (nSPS) is 10.6. The molecule has 19 heavy (non-hydrogen) atoms. The Morgan fingerprint density at radius 1 is 1.32 bits per heavy atom. The number of unbranched alkanes of at least 4 members (excludes halogenated alkanes) is 1. The lowest BCUT2D eigenvalue weighted by molar-refractivity contribution is 0.323. The molecule has 0 aliphatic rings. The van der Waals surface area contributed by atoms with Crippen molar-refractivity contribution in [3.05, 3.63) is 48.3 Å². The van der Waals surface area contributed by atoms with Gasteiger partial charge in [0.1, 0.15) is 0 Å². The van der Waals surface area contributed by atoms with E-state index in [2.05, 4.69) is 29.3 Å². The van der Waals surface area contributed by atoms with Gasteiger partial charge in [-0.3, -0.25) is 0 Å². The Bertz CT molecular complexity index is 539. The van der Waals surface area contributed by atoms with Crippen LogP contribution < -0.4 is 0 Å². The molecule has 0 fully saturated rings. The molecule has 4 nitrogen and oxygen atoms in total. The largest absolute Gasteiger partial charge is 0.302 e. The molecular weight excluding hydrogens is 236 g/mol. The first kappa shape index (κ1) is 13.3. The summed E-state index contributed by atoms with van der Waals surface area (Å²) in [6.07, 6.45) is 5.48. The summed E-state index contributed by atoms with van der Waals surface area (Å²) in [5, 5.41) is 12.9. The lowest BCUT2D eigenvalue weighted by Crippen LogP contribution is -2.18. The number of rotatable bonds is 6. The molecule has 0 aliphatic carbocycles. The third-order valence-electron chi connectivity index (χ3n) is 2.94. The van der Waals surface area contributed by atoms with Crippen molar-refractivity contribution in [3.8, 4) is 11.8 Å². The Hall–Kier alpha value is -2.12. The molecule has 1 aromatic carbocycles. The van der Waals surface area contributed by atoms with Crippen LogP contribution in [0.2, 0.25) is 0 Å². The number of nitriles is 1. The van der Waals surface area contributed by atoms with Crippen molar-refractivity contribution in [3.63, 3.8) is 0 Å². The van der Waals surface area contributed by atoms with Crippen LogP contribution in [0.15, 0.2) is 42.7 Å². The summed E-state index contributed by atoms with van der Waals surface area (Å²) >= 11 is 0. The van der Waals surface area contributed by atoms with Crippen LogP contribution in [0.1, 0.15) is 18.4 Å². The number of aromatic nitrogens is 2. The van der Waals surface area contributed by atoms with Gasteiger partial charge in [-0.2, -0.15) is 10.4 Å². The number of hydrogen-bond acceptors (Lipinski definition) is 3. The maximum atomic E-state index is 8.52. The van der Waals surface area contributed by atoms with E-state index in [1.54, 1.807) is 0 Å². The van der Waals surface area contributed by atoms with E-state index in [0.29, 0.717) is 6.42 Å². The Morgan fingerprint density at radius 3 is 2.84 bits per heavy atom. The molecule has 0 saturated heterocycles. The molecule has 0 atom stereocenters. The van der Waals surface area contributed by atoms with Gasteiger partial charge in [-0.25, -0.2) is 4.68 Å². The maximum Gasteiger partial charge on any atom is 0.0645 e. The van der Waals surface area contributed by atoms with Gasteiger partial charge in [-0.15, -0.1) is 0 Å².